The van der Waals surface area contributed by atoms with Gasteiger partial charge in [0.05, 0.1) is 0 Å². The summed E-state index contributed by atoms with van der Waals surface area (Å²) >= 11 is 1.53. The largest absolute Gasteiger partial charge is 0.360 e. The Morgan fingerprint density at radius 2 is 2.23 bits per heavy atom. The van der Waals surface area contributed by atoms with Crippen molar-refractivity contribution in [2.24, 2.45) is 5.73 Å². The van der Waals surface area contributed by atoms with Gasteiger partial charge in [-0.15, -0.1) is 10.2 Å². The molecule has 1 heterocycles. The predicted octanol–water partition coefficient (Wildman–Crippen LogP) is 1.60. The summed E-state index contributed by atoms with van der Waals surface area (Å²) in [6, 6.07) is 0. The van der Waals surface area contributed by atoms with Crippen molar-refractivity contribution in [1.29, 1.82) is 0 Å². The second-order valence-corrected chi connectivity index (χ2v) is 3.90. The minimum absolute atomic E-state index is 0.480. The van der Waals surface area contributed by atoms with E-state index in [0.29, 0.717) is 6.54 Å². The smallest absolute Gasteiger partial charge is 0.205 e. The van der Waals surface area contributed by atoms with Crippen LogP contribution < -0.4 is 11.1 Å². The summed E-state index contributed by atoms with van der Waals surface area (Å²) in [7, 11) is 0. The van der Waals surface area contributed by atoms with Gasteiger partial charge in [-0.3, -0.25) is 0 Å². The Labute approximate surface area is 82.6 Å². The minimum Gasteiger partial charge on any atom is -0.360 e. The Balaban J connectivity index is 2.20. The van der Waals surface area contributed by atoms with Crippen LogP contribution in [0.15, 0.2) is 0 Å². The Morgan fingerprint density at radius 3 is 2.85 bits per heavy atom. The van der Waals surface area contributed by atoms with Crippen LogP contribution in [0.25, 0.3) is 0 Å². The van der Waals surface area contributed by atoms with Crippen molar-refractivity contribution in [1.82, 2.24) is 10.2 Å². The highest BCUT2D eigenvalue weighted by Crippen LogP contribution is 2.14. The topological polar surface area (TPSA) is 63.8 Å². The van der Waals surface area contributed by atoms with Gasteiger partial charge in [-0.2, -0.15) is 0 Å². The molecule has 1 rings (SSSR count). The van der Waals surface area contributed by atoms with E-state index in [1.165, 1.54) is 30.6 Å². The monoisotopic (exact) mass is 200 g/mol. The van der Waals surface area contributed by atoms with Crippen molar-refractivity contribution < 1.29 is 0 Å². The van der Waals surface area contributed by atoms with E-state index in [0.717, 1.165) is 16.7 Å². The third-order valence-corrected chi connectivity index (χ3v) is 2.60. The van der Waals surface area contributed by atoms with E-state index in [4.69, 9.17) is 5.73 Å². The van der Waals surface area contributed by atoms with Gasteiger partial charge in [-0.25, -0.2) is 0 Å². The van der Waals surface area contributed by atoms with E-state index < -0.39 is 0 Å². The van der Waals surface area contributed by atoms with Crippen LogP contribution in [-0.2, 0) is 6.54 Å². The van der Waals surface area contributed by atoms with Crippen molar-refractivity contribution in [3.05, 3.63) is 5.01 Å². The van der Waals surface area contributed by atoms with Crippen LogP contribution >= 0.6 is 11.3 Å². The quantitative estimate of drug-likeness (QED) is 0.685. The highest BCUT2D eigenvalue weighted by atomic mass is 32.1. The van der Waals surface area contributed by atoms with Crippen molar-refractivity contribution in [2.75, 3.05) is 11.9 Å². The third kappa shape index (κ3) is 3.69. The lowest BCUT2D eigenvalue weighted by Gasteiger charge is -1.99. The zero-order chi connectivity index (χ0) is 9.52. The number of aromatic nitrogens is 2. The molecule has 0 amide bonds. The molecule has 5 heteroatoms. The summed E-state index contributed by atoms with van der Waals surface area (Å²) in [6.45, 7) is 3.65. The molecule has 0 spiro atoms. The third-order valence-electron chi connectivity index (χ3n) is 1.70. The lowest BCUT2D eigenvalue weighted by Crippen LogP contribution is -2.00. The molecular formula is C8H16N4S. The fraction of sp³-hybridized carbons (Fsp3) is 0.750. The standard InChI is InChI=1S/C8H16N4S/c1-2-3-4-5-10-8-12-11-7(6-9)13-8/h2-6,9H2,1H3,(H,10,12). The number of rotatable bonds is 6. The summed E-state index contributed by atoms with van der Waals surface area (Å²) in [5, 5.41) is 12.9. The van der Waals surface area contributed by atoms with Crippen LogP contribution in [0.1, 0.15) is 31.2 Å². The molecular weight excluding hydrogens is 184 g/mol. The molecule has 0 fully saturated rings. The van der Waals surface area contributed by atoms with E-state index in [-0.39, 0.29) is 0 Å². The number of nitrogens with one attached hydrogen (secondary N) is 1. The Kier molecular flexibility index (Phi) is 4.70. The number of nitrogens with two attached hydrogens (primary N) is 1. The molecule has 0 atom stereocenters. The Morgan fingerprint density at radius 1 is 1.38 bits per heavy atom. The van der Waals surface area contributed by atoms with Crippen LogP contribution in [0.4, 0.5) is 5.13 Å². The molecule has 1 aromatic heterocycles. The normalized spacial score (nSPS) is 10.3. The van der Waals surface area contributed by atoms with Crippen molar-refractivity contribution in [2.45, 2.75) is 32.7 Å². The van der Waals surface area contributed by atoms with Gasteiger partial charge in [-0.1, -0.05) is 31.1 Å². The second kappa shape index (κ2) is 5.88. The highest BCUT2D eigenvalue weighted by molar-refractivity contribution is 7.15. The van der Waals surface area contributed by atoms with Gasteiger partial charge < -0.3 is 11.1 Å². The van der Waals surface area contributed by atoms with Crippen molar-refractivity contribution in [3.8, 4) is 0 Å². The van der Waals surface area contributed by atoms with E-state index in [1.807, 2.05) is 0 Å². The van der Waals surface area contributed by atoms with Gasteiger partial charge in [0.2, 0.25) is 5.13 Å². The Bertz CT molecular complexity index is 236. The first kappa shape index (κ1) is 10.4. The van der Waals surface area contributed by atoms with Crippen LogP contribution in [-0.4, -0.2) is 16.7 Å². The molecule has 0 saturated carbocycles. The minimum atomic E-state index is 0.480. The fourth-order valence-electron chi connectivity index (χ4n) is 0.978. The van der Waals surface area contributed by atoms with Crippen LogP contribution in [0.2, 0.25) is 0 Å². The maximum absolute atomic E-state index is 5.42. The molecule has 13 heavy (non-hydrogen) atoms. The molecule has 0 aliphatic heterocycles. The summed E-state index contributed by atoms with van der Waals surface area (Å²) in [4.78, 5) is 0. The van der Waals surface area contributed by atoms with Crippen LogP contribution in [0.5, 0.6) is 0 Å². The molecule has 0 saturated heterocycles. The molecule has 0 aromatic carbocycles. The number of nitrogens with zero attached hydrogens (tertiary/aromatic N) is 2. The average Bonchev–Trinajstić information content (AvgIpc) is 2.60. The van der Waals surface area contributed by atoms with Crippen molar-refractivity contribution in [3.63, 3.8) is 0 Å². The lowest BCUT2D eigenvalue weighted by molar-refractivity contribution is 0.742. The van der Waals surface area contributed by atoms with E-state index in [1.54, 1.807) is 0 Å². The number of hydrogen-bond acceptors (Lipinski definition) is 5. The van der Waals surface area contributed by atoms with Gasteiger partial charge >= 0.3 is 0 Å². The van der Waals surface area contributed by atoms with E-state index in [2.05, 4.69) is 22.4 Å². The molecule has 0 bridgehead atoms. The molecule has 0 unspecified atom stereocenters. The summed E-state index contributed by atoms with van der Waals surface area (Å²) in [6.07, 6.45) is 3.69. The molecule has 74 valence electrons. The Hall–Kier alpha value is -0.680. The first-order chi connectivity index (χ1) is 6.36. The number of anilines is 1. The van der Waals surface area contributed by atoms with E-state index >= 15 is 0 Å². The van der Waals surface area contributed by atoms with Gasteiger partial charge in [0.1, 0.15) is 5.01 Å². The molecule has 4 nitrogen and oxygen atoms in total. The van der Waals surface area contributed by atoms with Crippen molar-refractivity contribution >= 4 is 16.5 Å². The van der Waals surface area contributed by atoms with Gasteiger partial charge in [0.25, 0.3) is 0 Å². The van der Waals surface area contributed by atoms with Crippen LogP contribution in [0, 0.1) is 0 Å². The number of hydrogen-bond donors (Lipinski definition) is 2. The lowest BCUT2D eigenvalue weighted by atomic mass is 10.2. The number of unbranched alkanes of at least 4 members (excludes halogenated alkanes) is 2. The molecule has 3 N–H and O–H groups in total. The molecule has 0 aliphatic carbocycles. The van der Waals surface area contributed by atoms with Gasteiger partial charge in [-0.05, 0) is 6.42 Å². The first-order valence-electron chi connectivity index (χ1n) is 4.63. The SMILES string of the molecule is CCCCCNc1nnc(CN)s1. The predicted molar refractivity (Wildman–Crippen MR) is 55.8 cm³/mol. The van der Waals surface area contributed by atoms with E-state index in [9.17, 15) is 0 Å². The fourth-order valence-corrected chi connectivity index (χ4v) is 1.62. The highest BCUT2D eigenvalue weighted by Gasteiger charge is 2.00. The van der Waals surface area contributed by atoms with Gasteiger partial charge in [0, 0.05) is 13.1 Å². The van der Waals surface area contributed by atoms with Gasteiger partial charge in [0.15, 0.2) is 0 Å². The summed E-state index contributed by atoms with van der Waals surface area (Å²) in [5.74, 6) is 0. The average molecular weight is 200 g/mol. The zero-order valence-corrected chi connectivity index (χ0v) is 8.73. The summed E-state index contributed by atoms with van der Waals surface area (Å²) in [5.41, 5.74) is 5.42. The second-order valence-electron chi connectivity index (χ2n) is 2.84. The molecule has 0 aliphatic rings. The first-order valence-corrected chi connectivity index (χ1v) is 5.44. The summed E-state index contributed by atoms with van der Waals surface area (Å²) < 4.78 is 0. The molecule has 1 aromatic rings. The van der Waals surface area contributed by atoms with Crippen LogP contribution in [0.3, 0.4) is 0 Å². The maximum atomic E-state index is 5.42. The maximum Gasteiger partial charge on any atom is 0.205 e. The molecule has 0 radical (unpaired) electrons. The zero-order valence-electron chi connectivity index (χ0n) is 7.92.